The fraction of sp³-hybridized carbons (Fsp3) is 0.150. The molecule has 0 atom stereocenters. The summed E-state index contributed by atoms with van der Waals surface area (Å²) in [6, 6.07) is 11.9. The molecule has 0 bridgehead atoms. The molecule has 0 aliphatic carbocycles. The third-order valence-electron chi connectivity index (χ3n) is 4.53. The van der Waals surface area contributed by atoms with Gasteiger partial charge < -0.3 is 9.77 Å². The number of halogens is 4. The van der Waals surface area contributed by atoms with Gasteiger partial charge in [-0.25, -0.2) is 12.8 Å². The molecule has 0 saturated heterocycles. The lowest BCUT2D eigenvalue weighted by molar-refractivity contribution is -0.0601. The van der Waals surface area contributed by atoms with E-state index in [0.717, 1.165) is 18.4 Å². The van der Waals surface area contributed by atoms with Crippen molar-refractivity contribution in [1.29, 1.82) is 0 Å². The zero-order chi connectivity index (χ0) is 22.3. The minimum absolute atomic E-state index is 0.0518. The Kier molecular flexibility index (Phi) is 5.46. The Morgan fingerprint density at radius 3 is 2.07 bits per heavy atom. The van der Waals surface area contributed by atoms with Gasteiger partial charge in [0.15, 0.2) is 15.5 Å². The number of aromatic nitrogens is 1. The fourth-order valence-corrected chi connectivity index (χ4v) is 3.75. The molecule has 30 heavy (non-hydrogen) atoms. The van der Waals surface area contributed by atoms with Gasteiger partial charge in [0.1, 0.15) is 5.82 Å². The van der Waals surface area contributed by atoms with Crippen LogP contribution in [0.25, 0.3) is 16.9 Å². The van der Waals surface area contributed by atoms with Gasteiger partial charge in [0.05, 0.1) is 10.6 Å². The Hall–Kier alpha value is -3.14. The van der Waals surface area contributed by atoms with Gasteiger partial charge in [-0.05, 0) is 55.0 Å². The predicted molar refractivity (Wildman–Crippen MR) is 103 cm³/mol. The second-order valence-corrected chi connectivity index (χ2v) is 8.60. The molecule has 5 nitrogen and oxygen atoms in total. The third kappa shape index (κ3) is 4.09. The third-order valence-corrected chi connectivity index (χ3v) is 5.66. The van der Waals surface area contributed by atoms with Crippen molar-refractivity contribution in [3.63, 3.8) is 0 Å². The van der Waals surface area contributed by atoms with Gasteiger partial charge >= 0.3 is 6.18 Å². The molecule has 10 heteroatoms. The lowest BCUT2D eigenvalue weighted by atomic mass is 10.1. The lowest BCUT2D eigenvalue weighted by Gasteiger charge is -2.13. The first-order valence-corrected chi connectivity index (χ1v) is 10.4. The van der Waals surface area contributed by atoms with Crippen molar-refractivity contribution < 1.29 is 31.2 Å². The summed E-state index contributed by atoms with van der Waals surface area (Å²) >= 11 is 0. The Balaban J connectivity index is 2.28. The maximum Gasteiger partial charge on any atom is 0.437 e. The molecule has 0 aliphatic rings. The largest absolute Gasteiger partial charge is 0.437 e. The van der Waals surface area contributed by atoms with E-state index < -0.39 is 27.5 Å². The van der Waals surface area contributed by atoms with Crippen molar-refractivity contribution in [2.75, 3.05) is 6.26 Å². The molecule has 0 radical (unpaired) electrons. The van der Waals surface area contributed by atoms with Gasteiger partial charge in [0.25, 0.3) is 0 Å². The van der Waals surface area contributed by atoms with Crippen LogP contribution in [0, 0.1) is 12.7 Å². The Morgan fingerprint density at radius 1 is 1.03 bits per heavy atom. The molecule has 0 unspecified atom stereocenters. The molecule has 1 aromatic heterocycles. The van der Waals surface area contributed by atoms with Crippen LogP contribution in [-0.4, -0.2) is 36.3 Å². The summed E-state index contributed by atoms with van der Waals surface area (Å²) in [4.78, 5) is 0.0518. The summed E-state index contributed by atoms with van der Waals surface area (Å²) in [5.74, 6) is -0.518. The molecule has 0 aliphatic heterocycles. The van der Waals surface area contributed by atoms with Crippen LogP contribution in [0.1, 0.15) is 11.3 Å². The number of hydrogen-bond acceptors (Lipinski definition) is 4. The van der Waals surface area contributed by atoms with Crippen LogP contribution in [0.2, 0.25) is 0 Å². The van der Waals surface area contributed by atoms with E-state index in [2.05, 4.69) is 5.16 Å². The van der Waals surface area contributed by atoms with E-state index in [1.54, 1.807) is 0 Å². The van der Waals surface area contributed by atoms with Gasteiger partial charge in [-0.2, -0.15) is 13.2 Å². The number of oxime groups is 1. The van der Waals surface area contributed by atoms with Crippen LogP contribution >= 0.6 is 0 Å². The first-order chi connectivity index (χ1) is 13.9. The van der Waals surface area contributed by atoms with E-state index in [0.29, 0.717) is 11.3 Å². The summed E-state index contributed by atoms with van der Waals surface area (Å²) in [5.41, 5.74) is -0.665. The molecular weight excluding hydrogens is 424 g/mol. The molecule has 1 heterocycles. The SMILES string of the molecule is Cc1c(C(=NO)C(F)(F)F)cc(-c2ccc(S(C)(=O)=O)cc2)n1-c1ccc(F)cc1. The van der Waals surface area contributed by atoms with Gasteiger partial charge in [-0.3, -0.25) is 0 Å². The second-order valence-electron chi connectivity index (χ2n) is 6.58. The van der Waals surface area contributed by atoms with Crippen LogP contribution < -0.4 is 0 Å². The highest BCUT2D eigenvalue weighted by molar-refractivity contribution is 7.90. The number of sulfone groups is 1. The summed E-state index contributed by atoms with van der Waals surface area (Å²) in [7, 11) is -3.46. The van der Waals surface area contributed by atoms with Crippen LogP contribution in [0.3, 0.4) is 0 Å². The number of hydrogen-bond donors (Lipinski definition) is 1. The highest BCUT2D eigenvalue weighted by Gasteiger charge is 2.40. The minimum atomic E-state index is -4.91. The quantitative estimate of drug-likeness (QED) is 0.276. The van der Waals surface area contributed by atoms with Crippen molar-refractivity contribution >= 4 is 15.5 Å². The van der Waals surface area contributed by atoms with Crippen molar-refractivity contribution in [2.24, 2.45) is 5.16 Å². The smallest absolute Gasteiger partial charge is 0.410 e. The molecule has 1 N–H and O–H groups in total. The monoisotopic (exact) mass is 440 g/mol. The predicted octanol–water partition coefficient (Wildman–Crippen LogP) is 4.74. The highest BCUT2D eigenvalue weighted by atomic mass is 32.2. The molecule has 3 aromatic rings. The summed E-state index contributed by atoms with van der Waals surface area (Å²) in [5, 5.41) is 11.4. The van der Waals surface area contributed by atoms with Crippen molar-refractivity contribution in [3.05, 3.63) is 71.7 Å². The van der Waals surface area contributed by atoms with E-state index in [9.17, 15) is 26.0 Å². The standard InChI is InChI=1S/C20H16F4N2O3S/c1-12-17(19(25-27)20(22,23)24)11-18(26(12)15-7-5-14(21)6-8-15)13-3-9-16(10-4-13)30(2,28)29/h3-11,27H,1-2H3. The topological polar surface area (TPSA) is 71.7 Å². The first-order valence-electron chi connectivity index (χ1n) is 8.52. The Labute approximate surface area is 169 Å². The number of alkyl halides is 3. The molecular formula is C20H16F4N2O3S. The first kappa shape index (κ1) is 21.6. The highest BCUT2D eigenvalue weighted by Crippen LogP contribution is 2.34. The molecule has 0 saturated carbocycles. The maximum absolute atomic E-state index is 13.4. The van der Waals surface area contributed by atoms with Crippen molar-refractivity contribution in [2.45, 2.75) is 18.0 Å². The van der Waals surface area contributed by atoms with E-state index in [1.807, 2.05) is 0 Å². The molecule has 0 amide bonds. The second kappa shape index (κ2) is 7.60. The van der Waals surface area contributed by atoms with Crippen molar-refractivity contribution in [3.8, 4) is 16.9 Å². The number of benzene rings is 2. The average Bonchev–Trinajstić information content (AvgIpc) is 2.98. The van der Waals surface area contributed by atoms with Gasteiger partial charge in [-0.15, -0.1) is 0 Å². The van der Waals surface area contributed by atoms with Gasteiger partial charge in [0, 0.05) is 23.2 Å². The molecule has 0 fully saturated rings. The van der Waals surface area contributed by atoms with Crippen LogP contribution in [0.4, 0.5) is 17.6 Å². The lowest BCUT2D eigenvalue weighted by Crippen LogP contribution is -2.24. The number of nitrogens with zero attached hydrogens (tertiary/aromatic N) is 2. The normalized spacial score (nSPS) is 12.9. The maximum atomic E-state index is 13.4. The fourth-order valence-electron chi connectivity index (χ4n) is 3.12. The van der Waals surface area contributed by atoms with Crippen molar-refractivity contribution in [1.82, 2.24) is 4.57 Å². The zero-order valence-corrected chi connectivity index (χ0v) is 16.6. The Bertz CT molecular complexity index is 1210. The van der Waals surface area contributed by atoms with Gasteiger partial charge in [-0.1, -0.05) is 17.3 Å². The molecule has 158 valence electrons. The van der Waals surface area contributed by atoms with Crippen LogP contribution in [0.15, 0.2) is 64.6 Å². The molecule has 3 rings (SSSR count). The van der Waals surface area contributed by atoms with E-state index in [4.69, 9.17) is 5.21 Å². The van der Waals surface area contributed by atoms with E-state index >= 15 is 0 Å². The van der Waals surface area contributed by atoms with E-state index in [1.165, 1.54) is 54.0 Å². The number of rotatable bonds is 4. The van der Waals surface area contributed by atoms with Crippen LogP contribution in [-0.2, 0) is 9.84 Å². The van der Waals surface area contributed by atoms with E-state index in [-0.39, 0.29) is 21.8 Å². The summed E-state index contributed by atoms with van der Waals surface area (Å²) in [6.45, 7) is 1.41. The molecule has 0 spiro atoms. The summed E-state index contributed by atoms with van der Waals surface area (Å²) < 4.78 is 78.2. The van der Waals surface area contributed by atoms with Gasteiger partial charge in [0.2, 0.25) is 0 Å². The zero-order valence-electron chi connectivity index (χ0n) is 15.8. The molecule has 2 aromatic carbocycles. The minimum Gasteiger partial charge on any atom is -0.410 e. The Morgan fingerprint density at radius 2 is 1.60 bits per heavy atom. The summed E-state index contributed by atoms with van der Waals surface area (Å²) in [6.07, 6.45) is -3.87. The average molecular weight is 440 g/mol. The van der Waals surface area contributed by atoms with Crippen LogP contribution in [0.5, 0.6) is 0 Å².